The number of hydrogen-bond donors (Lipinski definition) is 1. The minimum Gasteiger partial charge on any atom is -0.487 e. The van der Waals surface area contributed by atoms with E-state index in [0.29, 0.717) is 12.3 Å². The fourth-order valence-electron chi connectivity index (χ4n) is 1.99. The van der Waals surface area contributed by atoms with E-state index in [9.17, 15) is 0 Å². The van der Waals surface area contributed by atoms with Gasteiger partial charge in [0.05, 0.1) is 5.69 Å². The molecule has 0 bridgehead atoms. The number of nitrogens with two attached hydrogens (primary N) is 1. The summed E-state index contributed by atoms with van der Waals surface area (Å²) >= 11 is 0. The van der Waals surface area contributed by atoms with E-state index in [4.69, 9.17) is 10.5 Å². The molecule has 0 saturated heterocycles. The molecule has 94 valence electrons. The first-order valence-corrected chi connectivity index (χ1v) is 6.13. The normalized spacial score (nSPS) is 10.5. The van der Waals surface area contributed by atoms with Crippen molar-refractivity contribution in [2.75, 3.05) is 5.73 Å². The van der Waals surface area contributed by atoms with Crippen molar-refractivity contribution in [3.05, 3.63) is 66.5 Å². The molecule has 0 atom stereocenters. The molecule has 3 nitrogen and oxygen atoms in total. The average Bonchev–Trinajstić information content (AvgIpc) is 2.45. The Bertz CT molecular complexity index is 710. The molecule has 0 amide bonds. The Morgan fingerprint density at radius 1 is 0.947 bits per heavy atom. The van der Waals surface area contributed by atoms with Crippen LogP contribution in [0.5, 0.6) is 5.75 Å². The van der Waals surface area contributed by atoms with Crippen LogP contribution in [0.3, 0.4) is 0 Å². The van der Waals surface area contributed by atoms with E-state index in [-0.39, 0.29) is 0 Å². The molecule has 2 N–H and O–H groups in total. The second-order valence-corrected chi connectivity index (χ2v) is 4.38. The minimum atomic E-state index is 0.420. The number of hydrogen-bond acceptors (Lipinski definition) is 3. The van der Waals surface area contributed by atoms with Crippen molar-refractivity contribution in [3.63, 3.8) is 0 Å². The highest BCUT2D eigenvalue weighted by atomic mass is 16.5. The zero-order chi connectivity index (χ0) is 13.1. The quantitative estimate of drug-likeness (QED) is 0.775. The smallest absolute Gasteiger partial charge is 0.130 e. The molecule has 0 unspecified atom stereocenters. The summed E-state index contributed by atoms with van der Waals surface area (Å²) in [6.45, 7) is 0.420. The molecule has 0 radical (unpaired) electrons. The molecule has 2 aromatic carbocycles. The predicted octanol–water partition coefficient (Wildman–Crippen LogP) is 3.40. The molecule has 0 saturated carbocycles. The number of rotatable bonds is 3. The summed E-state index contributed by atoms with van der Waals surface area (Å²) in [6.07, 6.45) is 1.69. The van der Waals surface area contributed by atoms with Gasteiger partial charge < -0.3 is 10.5 Å². The van der Waals surface area contributed by atoms with Gasteiger partial charge in [-0.15, -0.1) is 0 Å². The molecule has 3 aromatic rings. The summed E-state index contributed by atoms with van der Waals surface area (Å²) in [5, 5.41) is 2.37. The summed E-state index contributed by atoms with van der Waals surface area (Å²) < 4.78 is 5.74. The number of fused-ring (bicyclic) bond motifs is 1. The first-order valence-electron chi connectivity index (χ1n) is 6.13. The van der Waals surface area contributed by atoms with Gasteiger partial charge in [-0.3, -0.25) is 4.98 Å². The van der Waals surface area contributed by atoms with Gasteiger partial charge in [0.1, 0.15) is 12.4 Å². The molecule has 1 aromatic heterocycles. The van der Waals surface area contributed by atoms with Gasteiger partial charge in [0.15, 0.2) is 0 Å². The van der Waals surface area contributed by atoms with E-state index >= 15 is 0 Å². The van der Waals surface area contributed by atoms with Crippen molar-refractivity contribution in [2.24, 2.45) is 0 Å². The number of nitrogen functional groups attached to an aromatic ring is 1. The fourth-order valence-corrected chi connectivity index (χ4v) is 1.99. The fraction of sp³-hybridized carbons (Fsp3) is 0.0625. The maximum absolute atomic E-state index is 5.74. The van der Waals surface area contributed by atoms with Crippen LogP contribution in [0.4, 0.5) is 5.69 Å². The maximum atomic E-state index is 5.74. The lowest BCUT2D eigenvalue weighted by atomic mass is 10.1. The van der Waals surface area contributed by atoms with E-state index < -0.39 is 0 Å². The van der Waals surface area contributed by atoms with E-state index in [0.717, 1.165) is 11.4 Å². The predicted molar refractivity (Wildman–Crippen MR) is 76.9 cm³/mol. The van der Waals surface area contributed by atoms with Crippen molar-refractivity contribution < 1.29 is 4.74 Å². The highest BCUT2D eigenvalue weighted by molar-refractivity contribution is 5.83. The number of nitrogens with zero attached hydrogens (tertiary/aromatic N) is 1. The Balaban J connectivity index is 1.78. The summed E-state index contributed by atoms with van der Waals surface area (Å²) in [5.41, 5.74) is 7.23. The van der Waals surface area contributed by atoms with Crippen molar-refractivity contribution in [1.82, 2.24) is 4.98 Å². The van der Waals surface area contributed by atoms with E-state index in [1.807, 2.05) is 30.3 Å². The molecule has 0 aliphatic carbocycles. The number of benzene rings is 2. The summed E-state index contributed by atoms with van der Waals surface area (Å²) in [6, 6.07) is 17.8. The Morgan fingerprint density at radius 3 is 2.63 bits per heavy atom. The van der Waals surface area contributed by atoms with Crippen LogP contribution >= 0.6 is 0 Å². The van der Waals surface area contributed by atoms with Crippen LogP contribution in [0.15, 0.2) is 60.8 Å². The summed E-state index contributed by atoms with van der Waals surface area (Å²) in [5.74, 6) is 0.836. The number of ether oxygens (including phenoxy) is 1. The highest BCUT2D eigenvalue weighted by Crippen LogP contribution is 2.21. The number of aromatic nitrogens is 1. The van der Waals surface area contributed by atoms with Crippen LogP contribution in [0.1, 0.15) is 5.69 Å². The van der Waals surface area contributed by atoms with Gasteiger partial charge in [0.25, 0.3) is 0 Å². The maximum Gasteiger partial charge on any atom is 0.130 e. The molecule has 0 aliphatic rings. The molecular formula is C16H14N2O. The standard InChI is InChI=1S/C16H14N2O/c17-14-7-8-18-15(10-14)11-19-16-6-5-12-3-1-2-4-13(12)9-16/h1-10H,11H2,(H2,17,18). The number of pyridine rings is 1. The second-order valence-electron chi connectivity index (χ2n) is 4.38. The van der Waals surface area contributed by atoms with Gasteiger partial charge >= 0.3 is 0 Å². The van der Waals surface area contributed by atoms with Gasteiger partial charge in [-0.05, 0) is 35.0 Å². The Kier molecular flexibility index (Phi) is 3.02. The Morgan fingerprint density at radius 2 is 1.79 bits per heavy atom. The molecule has 0 fully saturated rings. The molecule has 1 heterocycles. The zero-order valence-electron chi connectivity index (χ0n) is 10.4. The van der Waals surface area contributed by atoms with Crippen LogP contribution in [-0.2, 0) is 6.61 Å². The first-order chi connectivity index (χ1) is 9.31. The third-order valence-electron chi connectivity index (χ3n) is 2.95. The van der Waals surface area contributed by atoms with Crippen LogP contribution in [0, 0.1) is 0 Å². The van der Waals surface area contributed by atoms with Crippen LogP contribution < -0.4 is 10.5 Å². The zero-order valence-corrected chi connectivity index (χ0v) is 10.4. The molecule has 0 spiro atoms. The van der Waals surface area contributed by atoms with Gasteiger partial charge in [-0.2, -0.15) is 0 Å². The summed E-state index contributed by atoms with van der Waals surface area (Å²) in [4.78, 5) is 4.21. The van der Waals surface area contributed by atoms with Crippen molar-refractivity contribution >= 4 is 16.5 Å². The van der Waals surface area contributed by atoms with Crippen LogP contribution in [0.25, 0.3) is 10.8 Å². The Labute approximate surface area is 111 Å². The summed E-state index contributed by atoms with van der Waals surface area (Å²) in [7, 11) is 0. The van der Waals surface area contributed by atoms with Gasteiger partial charge in [-0.25, -0.2) is 0 Å². The minimum absolute atomic E-state index is 0.420. The van der Waals surface area contributed by atoms with Crippen molar-refractivity contribution in [3.8, 4) is 5.75 Å². The van der Waals surface area contributed by atoms with Crippen LogP contribution in [-0.4, -0.2) is 4.98 Å². The van der Waals surface area contributed by atoms with Gasteiger partial charge in [0, 0.05) is 11.9 Å². The SMILES string of the molecule is Nc1ccnc(COc2ccc3ccccc3c2)c1. The first kappa shape index (κ1) is 11.5. The van der Waals surface area contributed by atoms with Crippen molar-refractivity contribution in [2.45, 2.75) is 6.61 Å². The lowest BCUT2D eigenvalue weighted by molar-refractivity contribution is 0.302. The van der Waals surface area contributed by atoms with Crippen LogP contribution in [0.2, 0.25) is 0 Å². The van der Waals surface area contributed by atoms with E-state index in [1.54, 1.807) is 12.3 Å². The third-order valence-corrected chi connectivity index (χ3v) is 2.95. The lowest BCUT2D eigenvalue weighted by Crippen LogP contribution is -1.99. The van der Waals surface area contributed by atoms with E-state index in [2.05, 4.69) is 23.2 Å². The highest BCUT2D eigenvalue weighted by Gasteiger charge is 1.99. The molecular weight excluding hydrogens is 236 g/mol. The molecule has 0 aliphatic heterocycles. The van der Waals surface area contributed by atoms with E-state index in [1.165, 1.54) is 10.8 Å². The van der Waals surface area contributed by atoms with Gasteiger partial charge in [0.2, 0.25) is 0 Å². The molecule has 19 heavy (non-hydrogen) atoms. The largest absolute Gasteiger partial charge is 0.487 e. The third kappa shape index (κ3) is 2.65. The second kappa shape index (κ2) is 4.98. The molecule has 3 rings (SSSR count). The Hall–Kier alpha value is -2.55. The average molecular weight is 250 g/mol. The topological polar surface area (TPSA) is 48.1 Å². The molecule has 3 heteroatoms. The van der Waals surface area contributed by atoms with Gasteiger partial charge in [-0.1, -0.05) is 30.3 Å². The lowest BCUT2D eigenvalue weighted by Gasteiger charge is -2.07. The number of anilines is 1. The monoisotopic (exact) mass is 250 g/mol. The van der Waals surface area contributed by atoms with Crippen molar-refractivity contribution in [1.29, 1.82) is 0 Å².